The van der Waals surface area contributed by atoms with Crippen molar-refractivity contribution < 1.29 is 22.7 Å². The second kappa shape index (κ2) is 5.85. The minimum atomic E-state index is -1.22. The molecule has 0 bridgehead atoms. The van der Waals surface area contributed by atoms with Crippen LogP contribution < -0.4 is 10.5 Å². The van der Waals surface area contributed by atoms with Crippen molar-refractivity contribution in [3.05, 3.63) is 58.4 Å². The summed E-state index contributed by atoms with van der Waals surface area (Å²) in [6.07, 6.45) is 0. The highest BCUT2D eigenvalue weighted by Gasteiger charge is 2.19. The van der Waals surface area contributed by atoms with Crippen molar-refractivity contribution in [3.63, 3.8) is 0 Å². The third-order valence-corrected chi connectivity index (χ3v) is 3.28. The van der Waals surface area contributed by atoms with Gasteiger partial charge in [0.15, 0.2) is 23.8 Å². The molecule has 0 aliphatic rings. The molecule has 0 fully saturated rings. The summed E-state index contributed by atoms with van der Waals surface area (Å²) < 4.78 is 38.0. The van der Waals surface area contributed by atoms with Gasteiger partial charge in [0, 0.05) is 5.02 Å². The summed E-state index contributed by atoms with van der Waals surface area (Å²) in [5.41, 5.74) is 5.10. The van der Waals surface area contributed by atoms with Gasteiger partial charge in [-0.05, 0) is 30.3 Å². The first-order valence-corrected chi connectivity index (χ1v) is 6.79. The van der Waals surface area contributed by atoms with Crippen LogP contribution in [-0.2, 0) is 6.61 Å². The number of rotatable bonds is 4. The molecule has 3 rings (SSSR count). The van der Waals surface area contributed by atoms with E-state index in [0.717, 1.165) is 12.1 Å². The molecule has 3 aromatic rings. The monoisotopic (exact) mass is 338 g/mol. The molecule has 0 spiro atoms. The molecule has 1 aromatic heterocycles. The summed E-state index contributed by atoms with van der Waals surface area (Å²) in [5.74, 6) is -3.61. The van der Waals surface area contributed by atoms with Crippen LogP contribution in [0.15, 0.2) is 34.7 Å². The Labute approximate surface area is 133 Å². The number of carbonyl (C=O) groups excluding carboxylic acids is 1. The second-order valence-electron chi connectivity index (χ2n) is 4.61. The quantitative estimate of drug-likeness (QED) is 0.790. The van der Waals surface area contributed by atoms with Crippen LogP contribution in [0.4, 0.5) is 8.78 Å². The Morgan fingerprint density at radius 3 is 2.83 bits per heavy atom. The van der Waals surface area contributed by atoms with Gasteiger partial charge in [-0.15, -0.1) is 0 Å². The smallest absolute Gasteiger partial charge is 0.254 e. The van der Waals surface area contributed by atoms with Crippen LogP contribution in [0.3, 0.4) is 0 Å². The van der Waals surface area contributed by atoms with E-state index in [1.54, 1.807) is 18.2 Å². The molecule has 23 heavy (non-hydrogen) atoms. The first-order valence-electron chi connectivity index (χ1n) is 6.41. The lowest BCUT2D eigenvalue weighted by Crippen LogP contribution is -2.16. The van der Waals surface area contributed by atoms with Gasteiger partial charge in [0.25, 0.3) is 5.91 Å². The molecular weight excluding hydrogens is 330 g/mol. The average Bonchev–Trinajstić information content (AvgIpc) is 2.88. The fourth-order valence-corrected chi connectivity index (χ4v) is 2.19. The summed E-state index contributed by atoms with van der Waals surface area (Å²) in [7, 11) is 0. The van der Waals surface area contributed by atoms with Crippen LogP contribution in [0.25, 0.3) is 11.1 Å². The second-order valence-corrected chi connectivity index (χ2v) is 5.04. The molecule has 1 heterocycles. The number of fused-ring (bicyclic) bond motifs is 1. The van der Waals surface area contributed by atoms with Gasteiger partial charge in [-0.3, -0.25) is 4.79 Å². The number of hydrogen-bond donors (Lipinski definition) is 1. The third kappa shape index (κ3) is 2.95. The number of oxazole rings is 1. The molecule has 0 saturated heterocycles. The van der Waals surface area contributed by atoms with Crippen molar-refractivity contribution in [2.24, 2.45) is 5.73 Å². The van der Waals surface area contributed by atoms with Gasteiger partial charge in [0.05, 0.1) is 0 Å². The van der Waals surface area contributed by atoms with Crippen molar-refractivity contribution in [3.8, 4) is 5.75 Å². The Morgan fingerprint density at radius 2 is 2.09 bits per heavy atom. The third-order valence-electron chi connectivity index (χ3n) is 3.05. The summed E-state index contributed by atoms with van der Waals surface area (Å²) in [6.45, 7) is -0.215. The fraction of sp³-hybridized carbons (Fsp3) is 0.0667. The zero-order valence-electron chi connectivity index (χ0n) is 11.5. The van der Waals surface area contributed by atoms with Crippen molar-refractivity contribution in [1.82, 2.24) is 4.98 Å². The average molecular weight is 339 g/mol. The maximum Gasteiger partial charge on any atom is 0.254 e. The normalized spacial score (nSPS) is 10.9. The molecule has 2 aromatic carbocycles. The topological polar surface area (TPSA) is 78.4 Å². The molecule has 0 atom stereocenters. The van der Waals surface area contributed by atoms with Gasteiger partial charge in [-0.2, -0.15) is 0 Å². The van der Waals surface area contributed by atoms with Gasteiger partial charge in [-0.1, -0.05) is 11.6 Å². The first-order chi connectivity index (χ1) is 11.0. The standard InChI is InChI=1S/C15H9ClF2N2O3/c16-7-1-3-10-9(5-7)20-12(23-10)6-22-11-4-2-8(17)13(14(11)18)15(19)21/h1-5H,6H2,(H2,19,21). The predicted molar refractivity (Wildman–Crippen MR) is 78.2 cm³/mol. The number of primary amides is 1. The van der Waals surface area contributed by atoms with Gasteiger partial charge in [0.2, 0.25) is 5.89 Å². The molecule has 1 amide bonds. The van der Waals surface area contributed by atoms with Crippen LogP contribution in [0.5, 0.6) is 5.75 Å². The minimum absolute atomic E-state index is 0.173. The Bertz CT molecular complexity index is 911. The Hall–Kier alpha value is -2.67. The minimum Gasteiger partial charge on any atom is -0.481 e. The molecule has 8 heteroatoms. The lowest BCUT2D eigenvalue weighted by molar-refractivity contribution is 0.0991. The van der Waals surface area contributed by atoms with E-state index in [-0.39, 0.29) is 18.2 Å². The zero-order valence-corrected chi connectivity index (χ0v) is 12.2. The highest BCUT2D eigenvalue weighted by atomic mass is 35.5. The molecule has 0 aliphatic carbocycles. The predicted octanol–water partition coefficient (Wildman–Crippen LogP) is 3.44. The Kier molecular flexibility index (Phi) is 3.87. The van der Waals surface area contributed by atoms with E-state index in [1.807, 2.05) is 0 Å². The summed E-state index contributed by atoms with van der Waals surface area (Å²) in [6, 6.07) is 6.82. The molecule has 0 radical (unpaired) electrons. The number of hydrogen-bond acceptors (Lipinski definition) is 4. The van der Waals surface area contributed by atoms with E-state index < -0.39 is 23.1 Å². The number of amides is 1. The molecule has 5 nitrogen and oxygen atoms in total. The molecule has 118 valence electrons. The van der Waals surface area contributed by atoms with Crippen molar-refractivity contribution in [1.29, 1.82) is 0 Å². The molecule has 0 aliphatic heterocycles. The molecule has 2 N–H and O–H groups in total. The van der Waals surface area contributed by atoms with E-state index in [1.165, 1.54) is 0 Å². The summed E-state index contributed by atoms with van der Waals surface area (Å²) in [5, 5.41) is 0.494. The first kappa shape index (κ1) is 15.2. The van der Waals surface area contributed by atoms with E-state index in [2.05, 4.69) is 4.98 Å². The van der Waals surface area contributed by atoms with Gasteiger partial charge >= 0.3 is 0 Å². The Balaban J connectivity index is 1.85. The van der Waals surface area contributed by atoms with E-state index in [0.29, 0.717) is 16.1 Å². The number of halogens is 3. The van der Waals surface area contributed by atoms with Crippen molar-refractivity contribution in [2.45, 2.75) is 6.61 Å². The van der Waals surface area contributed by atoms with E-state index >= 15 is 0 Å². The van der Waals surface area contributed by atoms with Gasteiger partial charge in [-0.25, -0.2) is 13.8 Å². The summed E-state index contributed by atoms with van der Waals surface area (Å²) in [4.78, 5) is 15.2. The lowest BCUT2D eigenvalue weighted by atomic mass is 10.1. The van der Waals surface area contributed by atoms with Crippen LogP contribution >= 0.6 is 11.6 Å². The molecule has 0 unspecified atom stereocenters. The largest absolute Gasteiger partial charge is 0.481 e. The lowest BCUT2D eigenvalue weighted by Gasteiger charge is -2.07. The van der Waals surface area contributed by atoms with Crippen LogP contribution in [0.2, 0.25) is 5.02 Å². The maximum absolute atomic E-state index is 14.0. The Morgan fingerprint density at radius 1 is 1.30 bits per heavy atom. The number of benzene rings is 2. The van der Waals surface area contributed by atoms with Crippen LogP contribution in [0, 0.1) is 11.6 Å². The summed E-state index contributed by atoms with van der Waals surface area (Å²) >= 11 is 5.84. The van der Waals surface area contributed by atoms with Crippen LogP contribution in [-0.4, -0.2) is 10.9 Å². The fourth-order valence-electron chi connectivity index (χ4n) is 2.02. The van der Waals surface area contributed by atoms with Gasteiger partial charge in [0.1, 0.15) is 16.9 Å². The number of nitrogens with two attached hydrogens (primary N) is 1. The molecular formula is C15H9ClF2N2O3. The van der Waals surface area contributed by atoms with Crippen LogP contribution in [0.1, 0.15) is 16.2 Å². The van der Waals surface area contributed by atoms with Gasteiger partial charge < -0.3 is 14.9 Å². The number of carbonyl (C=O) groups is 1. The number of ether oxygens (including phenoxy) is 1. The van der Waals surface area contributed by atoms with E-state index in [4.69, 9.17) is 26.5 Å². The van der Waals surface area contributed by atoms with Crippen molar-refractivity contribution >= 4 is 28.6 Å². The highest BCUT2D eigenvalue weighted by molar-refractivity contribution is 6.31. The van der Waals surface area contributed by atoms with Crippen molar-refractivity contribution in [2.75, 3.05) is 0 Å². The maximum atomic E-state index is 14.0. The number of nitrogens with zero attached hydrogens (tertiary/aromatic N) is 1. The zero-order chi connectivity index (χ0) is 16.6. The van der Waals surface area contributed by atoms with E-state index in [9.17, 15) is 13.6 Å². The number of aromatic nitrogens is 1. The SMILES string of the molecule is NC(=O)c1c(F)ccc(OCc2nc3cc(Cl)ccc3o2)c1F. The highest BCUT2D eigenvalue weighted by Crippen LogP contribution is 2.25. The molecule has 0 saturated carbocycles.